The standard InChI is InChI=1S/C10H12N2O2/c1-3-8-9(12-14-10(8)11)7-4-6(2)13-5-7/h4-5H,3,11H2,1-2H3. The number of furan rings is 1. The maximum absolute atomic E-state index is 5.64. The molecule has 0 amide bonds. The van der Waals surface area contributed by atoms with Crippen LogP contribution in [0.1, 0.15) is 18.2 Å². The molecule has 14 heavy (non-hydrogen) atoms. The number of aryl methyl sites for hydroxylation is 1. The van der Waals surface area contributed by atoms with Gasteiger partial charge in [-0.05, 0) is 19.4 Å². The number of rotatable bonds is 2. The van der Waals surface area contributed by atoms with Gasteiger partial charge in [0.1, 0.15) is 17.7 Å². The zero-order valence-electron chi connectivity index (χ0n) is 8.20. The van der Waals surface area contributed by atoms with Crippen molar-refractivity contribution in [2.45, 2.75) is 20.3 Å². The van der Waals surface area contributed by atoms with Crippen molar-refractivity contribution in [3.8, 4) is 11.3 Å². The SMILES string of the molecule is CCc1c(-c2coc(C)c2)noc1N. The van der Waals surface area contributed by atoms with Gasteiger partial charge in [-0.1, -0.05) is 12.1 Å². The molecule has 0 radical (unpaired) electrons. The maximum Gasteiger partial charge on any atom is 0.225 e. The summed E-state index contributed by atoms with van der Waals surface area (Å²) in [5, 5.41) is 3.91. The summed E-state index contributed by atoms with van der Waals surface area (Å²) >= 11 is 0. The quantitative estimate of drug-likeness (QED) is 0.793. The van der Waals surface area contributed by atoms with Crippen LogP contribution < -0.4 is 5.73 Å². The molecule has 0 aliphatic carbocycles. The van der Waals surface area contributed by atoms with Crippen LogP contribution in [0.4, 0.5) is 5.88 Å². The third kappa shape index (κ3) is 1.28. The molecule has 0 unspecified atom stereocenters. The maximum atomic E-state index is 5.64. The second kappa shape index (κ2) is 3.21. The van der Waals surface area contributed by atoms with Crippen LogP contribution in [0.25, 0.3) is 11.3 Å². The number of hydrogen-bond donors (Lipinski definition) is 1. The zero-order valence-corrected chi connectivity index (χ0v) is 8.20. The first-order valence-electron chi connectivity index (χ1n) is 4.52. The Bertz CT molecular complexity index is 443. The molecule has 4 heteroatoms. The Morgan fingerprint density at radius 3 is 2.86 bits per heavy atom. The highest BCUT2D eigenvalue weighted by Crippen LogP contribution is 2.28. The fourth-order valence-corrected chi connectivity index (χ4v) is 1.46. The van der Waals surface area contributed by atoms with E-state index in [1.54, 1.807) is 6.26 Å². The predicted octanol–water partition coefficient (Wildman–Crippen LogP) is 2.39. The lowest BCUT2D eigenvalue weighted by Gasteiger charge is -1.93. The highest BCUT2D eigenvalue weighted by Gasteiger charge is 2.14. The Labute approximate surface area is 81.7 Å². The van der Waals surface area contributed by atoms with Gasteiger partial charge in [0.05, 0.1) is 0 Å². The summed E-state index contributed by atoms with van der Waals surface area (Å²) in [5.74, 6) is 1.24. The van der Waals surface area contributed by atoms with Crippen molar-refractivity contribution in [1.82, 2.24) is 5.16 Å². The normalized spacial score (nSPS) is 10.7. The Morgan fingerprint density at radius 1 is 1.50 bits per heavy atom. The molecule has 0 saturated carbocycles. The first-order valence-corrected chi connectivity index (χ1v) is 4.52. The fourth-order valence-electron chi connectivity index (χ4n) is 1.46. The molecule has 0 spiro atoms. The van der Waals surface area contributed by atoms with Gasteiger partial charge in [0.2, 0.25) is 5.88 Å². The first-order chi connectivity index (χ1) is 6.72. The van der Waals surface area contributed by atoms with Gasteiger partial charge in [0.25, 0.3) is 0 Å². The predicted molar refractivity (Wildman–Crippen MR) is 52.7 cm³/mol. The number of anilines is 1. The number of nitrogen functional groups attached to an aromatic ring is 1. The van der Waals surface area contributed by atoms with Crippen LogP contribution in [0.2, 0.25) is 0 Å². The van der Waals surface area contributed by atoms with Crippen LogP contribution in [0.5, 0.6) is 0 Å². The van der Waals surface area contributed by atoms with E-state index in [1.165, 1.54) is 0 Å². The minimum atomic E-state index is 0.390. The van der Waals surface area contributed by atoms with E-state index in [0.717, 1.165) is 29.0 Å². The van der Waals surface area contributed by atoms with E-state index in [-0.39, 0.29) is 0 Å². The van der Waals surface area contributed by atoms with E-state index in [9.17, 15) is 0 Å². The summed E-state index contributed by atoms with van der Waals surface area (Å²) in [4.78, 5) is 0. The topological polar surface area (TPSA) is 65.2 Å². The highest BCUT2D eigenvalue weighted by atomic mass is 16.5. The fraction of sp³-hybridized carbons (Fsp3) is 0.300. The average molecular weight is 192 g/mol. The van der Waals surface area contributed by atoms with Gasteiger partial charge in [-0.3, -0.25) is 0 Å². The van der Waals surface area contributed by atoms with Crippen LogP contribution >= 0.6 is 0 Å². The summed E-state index contributed by atoms with van der Waals surface area (Å²) in [6, 6.07) is 1.91. The number of hydrogen-bond acceptors (Lipinski definition) is 4. The molecule has 2 aromatic rings. The number of aromatic nitrogens is 1. The van der Waals surface area contributed by atoms with Crippen LogP contribution in [0, 0.1) is 6.92 Å². The molecule has 4 nitrogen and oxygen atoms in total. The lowest BCUT2D eigenvalue weighted by Crippen LogP contribution is -1.88. The van der Waals surface area contributed by atoms with Gasteiger partial charge in [-0.25, -0.2) is 0 Å². The minimum Gasteiger partial charge on any atom is -0.469 e. The third-order valence-electron chi connectivity index (χ3n) is 2.18. The van der Waals surface area contributed by atoms with Crippen molar-refractivity contribution >= 4 is 5.88 Å². The Balaban J connectivity index is 2.51. The molecule has 0 bridgehead atoms. The number of nitrogens with two attached hydrogens (primary N) is 1. The van der Waals surface area contributed by atoms with Crippen LogP contribution in [-0.4, -0.2) is 5.16 Å². The number of nitrogens with zero attached hydrogens (tertiary/aromatic N) is 1. The molecule has 0 aliphatic heterocycles. The highest BCUT2D eigenvalue weighted by molar-refractivity contribution is 5.66. The van der Waals surface area contributed by atoms with E-state index in [1.807, 2.05) is 19.9 Å². The molecule has 0 aliphatic rings. The summed E-state index contributed by atoms with van der Waals surface area (Å²) in [5.41, 5.74) is 8.27. The Hall–Kier alpha value is -1.71. The molecule has 2 heterocycles. The van der Waals surface area contributed by atoms with Crippen molar-refractivity contribution in [3.05, 3.63) is 23.7 Å². The third-order valence-corrected chi connectivity index (χ3v) is 2.18. The largest absolute Gasteiger partial charge is 0.469 e. The summed E-state index contributed by atoms with van der Waals surface area (Å²) < 4.78 is 10.1. The monoisotopic (exact) mass is 192 g/mol. The molecule has 2 rings (SSSR count). The van der Waals surface area contributed by atoms with Gasteiger partial charge in [-0.15, -0.1) is 0 Å². The van der Waals surface area contributed by atoms with Gasteiger partial charge >= 0.3 is 0 Å². The molecule has 0 aromatic carbocycles. The van der Waals surface area contributed by atoms with Crippen molar-refractivity contribution < 1.29 is 8.94 Å². The van der Waals surface area contributed by atoms with Crippen molar-refractivity contribution in [1.29, 1.82) is 0 Å². The summed E-state index contributed by atoms with van der Waals surface area (Å²) in [7, 11) is 0. The lowest BCUT2D eigenvalue weighted by atomic mass is 10.1. The molecular formula is C10H12N2O2. The molecule has 0 fully saturated rings. The minimum absolute atomic E-state index is 0.390. The Kier molecular flexibility index (Phi) is 2.04. The van der Waals surface area contributed by atoms with Crippen molar-refractivity contribution in [2.75, 3.05) is 5.73 Å². The molecule has 74 valence electrons. The Morgan fingerprint density at radius 2 is 2.29 bits per heavy atom. The molecule has 0 atom stereocenters. The lowest BCUT2D eigenvalue weighted by molar-refractivity contribution is 0.438. The van der Waals surface area contributed by atoms with Crippen LogP contribution in [0.3, 0.4) is 0 Å². The summed E-state index contributed by atoms with van der Waals surface area (Å²) in [6.45, 7) is 3.90. The van der Waals surface area contributed by atoms with Crippen molar-refractivity contribution in [3.63, 3.8) is 0 Å². The van der Waals surface area contributed by atoms with Gasteiger partial charge in [0.15, 0.2) is 0 Å². The second-order valence-corrected chi connectivity index (χ2v) is 3.17. The second-order valence-electron chi connectivity index (χ2n) is 3.17. The zero-order chi connectivity index (χ0) is 10.1. The summed E-state index contributed by atoms with van der Waals surface area (Å²) in [6.07, 6.45) is 2.46. The van der Waals surface area contributed by atoms with Crippen molar-refractivity contribution in [2.24, 2.45) is 0 Å². The van der Waals surface area contributed by atoms with E-state index in [4.69, 9.17) is 14.7 Å². The average Bonchev–Trinajstić information content (AvgIpc) is 2.71. The van der Waals surface area contributed by atoms with Crippen LogP contribution in [-0.2, 0) is 6.42 Å². The molecule has 2 aromatic heterocycles. The molecule has 0 saturated heterocycles. The smallest absolute Gasteiger partial charge is 0.225 e. The molecular weight excluding hydrogens is 180 g/mol. The van der Waals surface area contributed by atoms with Gasteiger partial charge in [-0.2, -0.15) is 0 Å². The first kappa shape index (κ1) is 8.87. The van der Waals surface area contributed by atoms with Gasteiger partial charge in [0, 0.05) is 11.1 Å². The molecule has 2 N–H and O–H groups in total. The van der Waals surface area contributed by atoms with E-state index >= 15 is 0 Å². The van der Waals surface area contributed by atoms with Gasteiger partial charge < -0.3 is 14.7 Å². The van der Waals surface area contributed by atoms with E-state index in [0.29, 0.717) is 5.88 Å². The van der Waals surface area contributed by atoms with E-state index < -0.39 is 0 Å². The van der Waals surface area contributed by atoms with E-state index in [2.05, 4.69) is 5.16 Å². The van der Waals surface area contributed by atoms with Crippen LogP contribution in [0.15, 0.2) is 21.3 Å².